The maximum Gasteiger partial charge on any atom is 0.407 e. The molecule has 4 atom stereocenters. The van der Waals surface area contributed by atoms with E-state index in [9.17, 15) is 14.4 Å². The van der Waals surface area contributed by atoms with E-state index in [0.29, 0.717) is 44.9 Å². The Balaban J connectivity index is 1.39. The molecule has 1 spiro atoms. The first-order valence-electron chi connectivity index (χ1n) is 12.8. The average Bonchev–Trinajstić information content (AvgIpc) is 3.19. The van der Waals surface area contributed by atoms with Crippen LogP contribution >= 0.6 is 11.6 Å². The Hall–Kier alpha value is -2.28. The number of piperidine rings is 1. The molecule has 2 N–H and O–H groups in total. The first-order chi connectivity index (χ1) is 16.5. The lowest BCUT2D eigenvalue weighted by Gasteiger charge is -2.46. The van der Waals surface area contributed by atoms with Gasteiger partial charge >= 0.3 is 6.09 Å². The number of alkyl carbamates (subject to hydrolysis) is 1. The predicted octanol–water partition coefficient (Wildman–Crippen LogP) is 4.49. The minimum absolute atomic E-state index is 0.0111. The molecule has 3 fully saturated rings. The summed E-state index contributed by atoms with van der Waals surface area (Å²) in [4.78, 5) is 40.5. The van der Waals surface area contributed by atoms with Crippen LogP contribution in [-0.4, -0.2) is 54.1 Å². The number of carbonyl (C=O) groups excluding carboxylic acids is 3. The van der Waals surface area contributed by atoms with Gasteiger partial charge in [0.25, 0.3) is 0 Å². The monoisotopic (exact) mass is 503 g/mol. The van der Waals surface area contributed by atoms with Crippen LogP contribution in [-0.2, 0) is 14.3 Å². The van der Waals surface area contributed by atoms with Gasteiger partial charge in [0.1, 0.15) is 6.04 Å². The summed E-state index contributed by atoms with van der Waals surface area (Å²) in [5.41, 5.74) is 0.782. The molecule has 8 heteroatoms. The maximum absolute atomic E-state index is 13.6. The molecule has 4 rings (SSSR count). The number of rotatable bonds is 5. The van der Waals surface area contributed by atoms with Crippen LogP contribution in [0.3, 0.4) is 0 Å². The van der Waals surface area contributed by atoms with E-state index in [4.69, 9.17) is 16.3 Å². The van der Waals surface area contributed by atoms with Gasteiger partial charge in [-0.1, -0.05) is 51.4 Å². The molecule has 7 nitrogen and oxygen atoms in total. The van der Waals surface area contributed by atoms with E-state index in [1.54, 1.807) is 0 Å². The van der Waals surface area contributed by atoms with Gasteiger partial charge in [-0.2, -0.15) is 0 Å². The van der Waals surface area contributed by atoms with E-state index >= 15 is 0 Å². The van der Waals surface area contributed by atoms with Crippen molar-refractivity contribution in [1.82, 2.24) is 15.5 Å². The van der Waals surface area contributed by atoms with Gasteiger partial charge in [0.05, 0.1) is 6.61 Å². The van der Waals surface area contributed by atoms with E-state index in [2.05, 4.69) is 36.6 Å². The Labute approximate surface area is 213 Å². The van der Waals surface area contributed by atoms with Crippen LogP contribution in [0.1, 0.15) is 71.3 Å². The van der Waals surface area contributed by atoms with Gasteiger partial charge in [-0.05, 0) is 60.6 Å². The highest BCUT2D eigenvalue weighted by Crippen LogP contribution is 2.43. The summed E-state index contributed by atoms with van der Waals surface area (Å²) in [7, 11) is 0. The van der Waals surface area contributed by atoms with Gasteiger partial charge in [-0.25, -0.2) is 4.79 Å². The van der Waals surface area contributed by atoms with Crippen LogP contribution in [0.25, 0.3) is 0 Å². The van der Waals surface area contributed by atoms with Gasteiger partial charge in [0.15, 0.2) is 0 Å². The SMILES string of the molecule is CC(C)C(NC(=O)C1CCC2(CCOC(=O)N2)C1)C(=O)N1CCC(c2ccc(Cl)cc2)C(C)(C)C1. The molecule has 0 radical (unpaired) electrons. The molecule has 1 aliphatic carbocycles. The molecule has 4 unspecified atom stereocenters. The van der Waals surface area contributed by atoms with Crippen LogP contribution in [0.5, 0.6) is 0 Å². The van der Waals surface area contributed by atoms with Crippen LogP contribution < -0.4 is 10.6 Å². The third-order valence-corrected chi connectivity index (χ3v) is 8.46. The number of ether oxygens (including phenoxy) is 1. The van der Waals surface area contributed by atoms with Crippen molar-refractivity contribution in [2.24, 2.45) is 17.3 Å². The molecule has 1 saturated carbocycles. The number of benzene rings is 1. The Bertz CT molecular complexity index is 964. The van der Waals surface area contributed by atoms with Crippen molar-refractivity contribution in [2.75, 3.05) is 19.7 Å². The minimum Gasteiger partial charge on any atom is -0.449 e. The molecule has 2 heterocycles. The summed E-state index contributed by atoms with van der Waals surface area (Å²) in [5, 5.41) is 6.73. The number of amides is 3. The molecule has 2 aliphatic heterocycles. The minimum atomic E-state index is -0.564. The van der Waals surface area contributed by atoms with Crippen LogP contribution in [0.2, 0.25) is 5.02 Å². The zero-order valence-electron chi connectivity index (χ0n) is 21.2. The lowest BCUT2D eigenvalue weighted by Crippen LogP contribution is -2.56. The number of hydrogen-bond acceptors (Lipinski definition) is 4. The second kappa shape index (κ2) is 10.00. The Kier molecular flexibility index (Phi) is 7.37. The summed E-state index contributed by atoms with van der Waals surface area (Å²) in [6.45, 7) is 10.0. The van der Waals surface area contributed by atoms with E-state index < -0.39 is 12.1 Å². The molecule has 1 aromatic carbocycles. The molecule has 1 aromatic rings. The molecule has 3 amide bonds. The zero-order chi connectivity index (χ0) is 25.4. The Morgan fingerprint density at radius 2 is 1.89 bits per heavy atom. The fourth-order valence-corrected chi connectivity index (χ4v) is 6.31. The highest BCUT2D eigenvalue weighted by molar-refractivity contribution is 6.30. The van der Waals surface area contributed by atoms with Crippen molar-refractivity contribution in [1.29, 1.82) is 0 Å². The number of nitrogens with zero attached hydrogens (tertiary/aromatic N) is 1. The van der Waals surface area contributed by atoms with Crippen molar-refractivity contribution in [2.45, 2.75) is 77.3 Å². The number of likely N-dealkylation sites (tertiary alicyclic amines) is 1. The molecule has 35 heavy (non-hydrogen) atoms. The predicted molar refractivity (Wildman–Crippen MR) is 135 cm³/mol. The van der Waals surface area contributed by atoms with Crippen molar-refractivity contribution in [3.63, 3.8) is 0 Å². The second-order valence-electron chi connectivity index (χ2n) is 11.6. The van der Waals surface area contributed by atoms with Gasteiger partial charge in [0, 0.05) is 36.0 Å². The summed E-state index contributed by atoms with van der Waals surface area (Å²) in [6, 6.07) is 7.45. The standard InChI is InChI=1S/C27H38ClN3O4/c1-17(2)22(29-23(32)19-9-11-27(15-19)12-14-35-25(34)30-27)24(33)31-13-10-21(26(3,4)16-31)18-5-7-20(28)8-6-18/h5-8,17,19,21-22H,9-16H2,1-4H3,(H,29,32)(H,30,34). The third-order valence-electron chi connectivity index (χ3n) is 8.20. The number of cyclic esters (lactones) is 1. The zero-order valence-corrected chi connectivity index (χ0v) is 22.0. The summed E-state index contributed by atoms with van der Waals surface area (Å²) in [6.07, 6.45) is 3.22. The highest BCUT2D eigenvalue weighted by Gasteiger charge is 2.46. The topological polar surface area (TPSA) is 87.7 Å². The van der Waals surface area contributed by atoms with Crippen LogP contribution in [0.4, 0.5) is 4.79 Å². The van der Waals surface area contributed by atoms with Gasteiger partial charge in [0.2, 0.25) is 11.8 Å². The van der Waals surface area contributed by atoms with Crippen LogP contribution in [0, 0.1) is 17.3 Å². The first kappa shape index (κ1) is 25.8. The lowest BCUT2D eigenvalue weighted by molar-refractivity contribution is -0.141. The van der Waals surface area contributed by atoms with Gasteiger partial charge in [-0.15, -0.1) is 0 Å². The highest BCUT2D eigenvalue weighted by atomic mass is 35.5. The Morgan fingerprint density at radius 1 is 1.17 bits per heavy atom. The second-order valence-corrected chi connectivity index (χ2v) is 12.0. The fraction of sp³-hybridized carbons (Fsp3) is 0.667. The molecule has 2 saturated heterocycles. The van der Waals surface area contributed by atoms with Crippen molar-refractivity contribution >= 4 is 29.5 Å². The molecule has 3 aliphatic rings. The number of nitrogens with one attached hydrogen (secondary N) is 2. The smallest absolute Gasteiger partial charge is 0.407 e. The largest absolute Gasteiger partial charge is 0.449 e. The molecule has 0 aromatic heterocycles. The average molecular weight is 504 g/mol. The molecule has 192 valence electrons. The number of carbonyl (C=O) groups is 3. The quantitative estimate of drug-likeness (QED) is 0.619. The number of halogens is 1. The van der Waals surface area contributed by atoms with Crippen LogP contribution in [0.15, 0.2) is 24.3 Å². The fourth-order valence-electron chi connectivity index (χ4n) is 6.18. The van der Waals surface area contributed by atoms with Crippen molar-refractivity contribution in [3.8, 4) is 0 Å². The van der Waals surface area contributed by atoms with Crippen molar-refractivity contribution in [3.05, 3.63) is 34.9 Å². The summed E-state index contributed by atoms with van der Waals surface area (Å²) >= 11 is 6.08. The first-order valence-corrected chi connectivity index (χ1v) is 13.2. The Morgan fingerprint density at radius 3 is 2.51 bits per heavy atom. The van der Waals surface area contributed by atoms with E-state index in [1.165, 1.54) is 5.56 Å². The van der Waals surface area contributed by atoms with Gasteiger partial charge in [-0.3, -0.25) is 9.59 Å². The third kappa shape index (κ3) is 5.60. The van der Waals surface area contributed by atoms with E-state index in [1.807, 2.05) is 30.9 Å². The maximum atomic E-state index is 13.6. The lowest BCUT2D eigenvalue weighted by atomic mass is 9.70. The normalized spacial score (nSPS) is 29.0. The summed E-state index contributed by atoms with van der Waals surface area (Å²) < 4.78 is 5.01. The summed E-state index contributed by atoms with van der Waals surface area (Å²) in [5.74, 6) is -0.00969. The van der Waals surface area contributed by atoms with E-state index in [0.717, 1.165) is 17.9 Å². The van der Waals surface area contributed by atoms with E-state index in [-0.39, 0.29) is 34.6 Å². The molecular formula is C27H38ClN3O4. The van der Waals surface area contributed by atoms with Crippen molar-refractivity contribution < 1.29 is 19.1 Å². The number of hydrogen-bond donors (Lipinski definition) is 2. The molecular weight excluding hydrogens is 466 g/mol. The van der Waals surface area contributed by atoms with Gasteiger partial charge < -0.3 is 20.3 Å². The molecule has 0 bridgehead atoms.